The first-order valence-electron chi connectivity index (χ1n) is 1.98. The monoisotopic (exact) mass is 81.1 g/mol. The van der Waals surface area contributed by atoms with Crippen molar-refractivity contribution < 1.29 is 0 Å². The van der Waals surface area contributed by atoms with E-state index in [0.29, 0.717) is 0 Å². The zero-order valence-corrected chi connectivity index (χ0v) is 3.59. The highest BCUT2D eigenvalue weighted by atomic mass is 15.1. The minimum Gasteiger partial charge on any atom is -0.351 e. The smallest absolute Gasteiger partial charge is 0.0417 e. The predicted octanol–water partition coefficient (Wildman–Crippen LogP) is 0.959. The largest absolute Gasteiger partial charge is 0.351 e. The van der Waals surface area contributed by atoms with Crippen LogP contribution in [0.3, 0.4) is 0 Å². The molecule has 0 radical (unpaired) electrons. The van der Waals surface area contributed by atoms with Crippen LogP contribution in [0.1, 0.15) is 0 Å². The van der Waals surface area contributed by atoms with Crippen molar-refractivity contribution in [3.8, 4) is 0 Å². The summed E-state index contributed by atoms with van der Waals surface area (Å²) in [7, 11) is 0. The fourth-order valence-corrected chi connectivity index (χ4v) is 0.363. The lowest BCUT2D eigenvalue weighted by Crippen LogP contribution is -2.16. The summed E-state index contributed by atoms with van der Waals surface area (Å²) in [6.07, 6.45) is 5.88. The standard InChI is InChI=1S/C5H7N/c1-2-6-4-3-5-6/h2-4H,1,5H2. The molecule has 0 amide bonds. The van der Waals surface area contributed by atoms with Gasteiger partial charge in [0.05, 0.1) is 0 Å². The van der Waals surface area contributed by atoms with E-state index in [-0.39, 0.29) is 0 Å². The zero-order valence-electron chi connectivity index (χ0n) is 3.59. The molecule has 0 aromatic rings. The van der Waals surface area contributed by atoms with Crippen LogP contribution in [-0.2, 0) is 0 Å². The molecule has 1 aliphatic rings. The number of rotatable bonds is 1. The van der Waals surface area contributed by atoms with Gasteiger partial charge < -0.3 is 4.90 Å². The van der Waals surface area contributed by atoms with E-state index in [4.69, 9.17) is 0 Å². The molecular weight excluding hydrogens is 74.1 g/mol. The van der Waals surface area contributed by atoms with Gasteiger partial charge in [-0.3, -0.25) is 0 Å². The fourth-order valence-electron chi connectivity index (χ4n) is 0.363. The Morgan fingerprint density at radius 2 is 2.50 bits per heavy atom. The molecule has 0 spiro atoms. The minimum atomic E-state index is 1.05. The number of hydrogen-bond acceptors (Lipinski definition) is 1. The lowest BCUT2D eigenvalue weighted by atomic mass is 10.4. The summed E-state index contributed by atoms with van der Waals surface area (Å²) in [4.78, 5) is 2.01. The van der Waals surface area contributed by atoms with E-state index >= 15 is 0 Å². The second-order valence-corrected chi connectivity index (χ2v) is 1.26. The normalized spacial score (nSPS) is 17.0. The van der Waals surface area contributed by atoms with Crippen LogP contribution in [0.25, 0.3) is 0 Å². The first-order chi connectivity index (χ1) is 2.93. The first kappa shape index (κ1) is 3.47. The summed E-state index contributed by atoms with van der Waals surface area (Å²) in [6.45, 7) is 4.60. The van der Waals surface area contributed by atoms with Gasteiger partial charge in [0.25, 0.3) is 0 Å². The van der Waals surface area contributed by atoms with Crippen molar-refractivity contribution in [1.29, 1.82) is 0 Å². The maximum atomic E-state index is 3.56. The molecule has 0 N–H and O–H groups in total. The predicted molar refractivity (Wildman–Crippen MR) is 26.0 cm³/mol. The molecule has 6 heavy (non-hydrogen) atoms. The highest BCUT2D eigenvalue weighted by molar-refractivity contribution is 5.01. The van der Waals surface area contributed by atoms with Crippen LogP contribution in [0.2, 0.25) is 0 Å². The van der Waals surface area contributed by atoms with E-state index in [1.807, 2.05) is 11.1 Å². The number of nitrogens with zero attached hydrogens (tertiary/aromatic N) is 1. The van der Waals surface area contributed by atoms with Crippen LogP contribution in [0, 0.1) is 0 Å². The van der Waals surface area contributed by atoms with Gasteiger partial charge in [0.2, 0.25) is 0 Å². The molecule has 32 valence electrons. The van der Waals surface area contributed by atoms with E-state index in [2.05, 4.69) is 12.7 Å². The highest BCUT2D eigenvalue weighted by Gasteiger charge is 1.94. The van der Waals surface area contributed by atoms with Crippen molar-refractivity contribution in [2.75, 3.05) is 6.54 Å². The van der Waals surface area contributed by atoms with Gasteiger partial charge in [-0.25, -0.2) is 0 Å². The Morgan fingerprint density at radius 3 is 2.50 bits per heavy atom. The topological polar surface area (TPSA) is 3.24 Å². The molecule has 1 nitrogen and oxygen atoms in total. The van der Waals surface area contributed by atoms with Gasteiger partial charge in [-0.1, -0.05) is 6.58 Å². The molecular formula is C5H7N. The maximum Gasteiger partial charge on any atom is 0.0417 e. The molecule has 0 aromatic heterocycles. The van der Waals surface area contributed by atoms with Crippen LogP contribution in [0.4, 0.5) is 0 Å². The van der Waals surface area contributed by atoms with Crippen LogP contribution >= 0.6 is 0 Å². The van der Waals surface area contributed by atoms with Crippen molar-refractivity contribution in [2.45, 2.75) is 0 Å². The molecule has 0 bridgehead atoms. The molecule has 1 heterocycles. The van der Waals surface area contributed by atoms with Crippen LogP contribution in [0.5, 0.6) is 0 Å². The lowest BCUT2D eigenvalue weighted by molar-refractivity contribution is 0.513. The average molecular weight is 81.1 g/mol. The van der Waals surface area contributed by atoms with E-state index in [0.717, 1.165) is 6.54 Å². The van der Waals surface area contributed by atoms with Crippen molar-refractivity contribution in [3.05, 3.63) is 25.1 Å². The van der Waals surface area contributed by atoms with Crippen molar-refractivity contribution in [3.63, 3.8) is 0 Å². The van der Waals surface area contributed by atoms with Gasteiger partial charge in [0.1, 0.15) is 0 Å². The van der Waals surface area contributed by atoms with Gasteiger partial charge in [0.15, 0.2) is 0 Å². The third kappa shape index (κ3) is 0.322. The van der Waals surface area contributed by atoms with E-state index in [9.17, 15) is 0 Å². The second kappa shape index (κ2) is 1.17. The van der Waals surface area contributed by atoms with Gasteiger partial charge in [-0.05, 0) is 12.3 Å². The minimum absolute atomic E-state index is 1.05. The molecule has 0 saturated heterocycles. The Balaban J connectivity index is 2.39. The Labute approximate surface area is 37.6 Å². The quantitative estimate of drug-likeness (QED) is 0.454. The SMILES string of the molecule is C=CN1C=CC1. The third-order valence-electron chi connectivity index (χ3n) is 0.848. The van der Waals surface area contributed by atoms with Gasteiger partial charge >= 0.3 is 0 Å². The summed E-state index contributed by atoms with van der Waals surface area (Å²) in [5.41, 5.74) is 0. The molecule has 0 aromatic carbocycles. The Morgan fingerprint density at radius 1 is 1.83 bits per heavy atom. The summed E-state index contributed by atoms with van der Waals surface area (Å²) in [5.74, 6) is 0. The van der Waals surface area contributed by atoms with Crippen LogP contribution < -0.4 is 0 Å². The fraction of sp³-hybridized carbons (Fsp3) is 0.200. The van der Waals surface area contributed by atoms with Crippen LogP contribution in [0.15, 0.2) is 25.1 Å². The van der Waals surface area contributed by atoms with E-state index < -0.39 is 0 Å². The van der Waals surface area contributed by atoms with E-state index in [1.165, 1.54) is 0 Å². The molecule has 1 aliphatic heterocycles. The molecule has 0 unspecified atom stereocenters. The molecule has 0 fully saturated rings. The maximum absolute atomic E-state index is 3.56. The molecule has 0 atom stereocenters. The average Bonchev–Trinajstić information content (AvgIpc) is 1.31. The molecule has 0 saturated carbocycles. The van der Waals surface area contributed by atoms with Crippen molar-refractivity contribution in [1.82, 2.24) is 4.90 Å². The Bertz CT molecular complexity index is 83.9. The summed E-state index contributed by atoms with van der Waals surface area (Å²) in [5, 5.41) is 0. The third-order valence-corrected chi connectivity index (χ3v) is 0.848. The molecule has 1 heteroatoms. The van der Waals surface area contributed by atoms with Gasteiger partial charge in [0, 0.05) is 12.7 Å². The highest BCUT2D eigenvalue weighted by Crippen LogP contribution is 1.98. The van der Waals surface area contributed by atoms with Gasteiger partial charge in [-0.2, -0.15) is 0 Å². The van der Waals surface area contributed by atoms with Crippen molar-refractivity contribution in [2.24, 2.45) is 0 Å². The summed E-state index contributed by atoms with van der Waals surface area (Å²) < 4.78 is 0. The van der Waals surface area contributed by atoms with E-state index in [1.54, 1.807) is 6.20 Å². The second-order valence-electron chi connectivity index (χ2n) is 1.26. The first-order valence-corrected chi connectivity index (χ1v) is 1.98. The molecule has 0 aliphatic carbocycles. The zero-order chi connectivity index (χ0) is 4.41. The lowest BCUT2D eigenvalue weighted by Gasteiger charge is -2.18. The van der Waals surface area contributed by atoms with Crippen molar-refractivity contribution >= 4 is 0 Å². The molecule has 1 rings (SSSR count). The summed E-state index contributed by atoms with van der Waals surface area (Å²) >= 11 is 0. The Hall–Kier alpha value is -0.720. The van der Waals surface area contributed by atoms with Crippen LogP contribution in [-0.4, -0.2) is 11.4 Å². The number of hydrogen-bond donors (Lipinski definition) is 0. The Kier molecular flexibility index (Phi) is 0.675. The summed E-state index contributed by atoms with van der Waals surface area (Å²) in [6, 6.07) is 0. The van der Waals surface area contributed by atoms with Gasteiger partial charge in [-0.15, -0.1) is 0 Å².